The van der Waals surface area contributed by atoms with Crippen molar-refractivity contribution in [2.75, 3.05) is 14.1 Å². The number of amides is 1. The van der Waals surface area contributed by atoms with Crippen LogP contribution in [0.5, 0.6) is 0 Å². The summed E-state index contributed by atoms with van der Waals surface area (Å²) in [7, 11) is 0.600. The normalized spacial score (nSPS) is 12.3. The number of hydrogen-bond donors (Lipinski definition) is 1. The van der Waals surface area contributed by atoms with Crippen LogP contribution in [0.4, 0.5) is 0 Å². The monoisotopic (exact) mass is 494 g/mol. The van der Waals surface area contributed by atoms with Gasteiger partial charge in [-0.05, 0) is 73.0 Å². The van der Waals surface area contributed by atoms with Crippen LogP contribution >= 0.6 is 27.0 Å². The molecule has 0 saturated heterocycles. The van der Waals surface area contributed by atoms with Crippen LogP contribution in [0.1, 0.15) is 54.5 Å². The first-order valence-corrected chi connectivity index (χ1v) is 11.5. The number of nitrogens with two attached hydrogens (primary N) is 1. The Hall–Kier alpha value is -1.83. The van der Waals surface area contributed by atoms with Gasteiger partial charge in [-0.15, -0.1) is 4.36 Å². The fourth-order valence-corrected chi connectivity index (χ4v) is 4.41. The third-order valence-corrected chi connectivity index (χ3v) is 6.26. The van der Waals surface area contributed by atoms with Crippen molar-refractivity contribution in [3.05, 3.63) is 64.2 Å². The number of benzene rings is 2. The molecule has 1 unspecified atom stereocenters. The summed E-state index contributed by atoms with van der Waals surface area (Å²) in [5, 5.41) is 15.2. The van der Waals surface area contributed by atoms with E-state index in [9.17, 15) is 14.3 Å². The molecule has 2 N–H and O–H groups in total. The van der Waals surface area contributed by atoms with Crippen LogP contribution in [0.25, 0.3) is 0 Å². The molecule has 0 fully saturated rings. The van der Waals surface area contributed by atoms with E-state index < -0.39 is 15.8 Å². The summed E-state index contributed by atoms with van der Waals surface area (Å²) in [6.07, 6.45) is 0.693. The van der Waals surface area contributed by atoms with Crippen LogP contribution in [0.15, 0.2) is 45.7 Å². The molecule has 0 aliphatic carbocycles. The van der Waals surface area contributed by atoms with E-state index in [1.165, 1.54) is 0 Å². The molecule has 2 rings (SSSR count). The summed E-state index contributed by atoms with van der Waals surface area (Å²) in [5.41, 5.74) is 4.33. The van der Waals surface area contributed by atoms with Gasteiger partial charge in [-0.1, -0.05) is 32.9 Å². The van der Waals surface area contributed by atoms with Crippen LogP contribution in [-0.2, 0) is 34.1 Å². The van der Waals surface area contributed by atoms with Crippen LogP contribution < -0.4 is 5.14 Å². The quantitative estimate of drug-likeness (QED) is 0.629. The molecule has 0 aliphatic heterocycles. The van der Waals surface area contributed by atoms with E-state index in [-0.39, 0.29) is 39.3 Å². The Morgan fingerprint density at radius 3 is 2.25 bits per heavy atom. The molecule has 32 heavy (non-hydrogen) atoms. The molecule has 9 heteroatoms. The summed E-state index contributed by atoms with van der Waals surface area (Å²) >= 11 is 0. The Labute approximate surface area is 206 Å². The van der Waals surface area contributed by atoms with Crippen molar-refractivity contribution >= 4 is 42.8 Å². The van der Waals surface area contributed by atoms with Crippen molar-refractivity contribution in [2.45, 2.75) is 51.0 Å². The number of carbonyl (C=O) groups is 1. The Morgan fingerprint density at radius 2 is 1.78 bits per heavy atom. The molecule has 0 bridgehead atoms. The number of carbonyl (C=O) groups excluding carboxylic acids is 1. The summed E-state index contributed by atoms with van der Waals surface area (Å²) in [6.45, 7) is 6.76. The number of nitrogens with zero attached hydrogens (tertiary/aromatic N) is 3. The van der Waals surface area contributed by atoms with E-state index in [0.29, 0.717) is 16.9 Å². The fraction of sp³-hybridized carbons (Fsp3) is 0.391. The molecule has 2 aromatic rings. The SMILES string of the molecule is CCc1cc(C#N)cc(C(C)C)c1CC(=O)N=S(N)(=O)c1ccc(CN(C)C)cc1.S.S. The molecule has 2 aromatic carbocycles. The topological polar surface area (TPSA) is 99.5 Å². The number of hydrogen-bond acceptors (Lipinski definition) is 4. The molecular weight excluding hydrogens is 460 g/mol. The minimum Gasteiger partial charge on any atom is -0.305 e. The van der Waals surface area contributed by atoms with Crippen molar-refractivity contribution in [3.8, 4) is 6.07 Å². The molecule has 176 valence electrons. The van der Waals surface area contributed by atoms with Gasteiger partial charge in [-0.3, -0.25) is 4.79 Å². The van der Waals surface area contributed by atoms with Crippen LogP contribution in [0, 0.1) is 11.3 Å². The molecular formula is C23H34N4O2S3. The Balaban J connectivity index is 0.00000480. The standard InChI is InChI=1S/C23H30N4O2S.2H2S/c1-6-19-11-18(14-24)12-21(16(2)3)22(19)13-23(28)26-30(25,29)20-9-7-17(8-10-20)15-27(4)5;;/h7-12,16H,6,13,15H2,1-5H3,(H2,25,26,28,29);2*1H2. The van der Waals surface area contributed by atoms with Gasteiger partial charge in [0.1, 0.15) is 9.92 Å². The lowest BCUT2D eigenvalue weighted by molar-refractivity contribution is -0.117. The summed E-state index contributed by atoms with van der Waals surface area (Å²) in [4.78, 5) is 15.1. The highest BCUT2D eigenvalue weighted by atomic mass is 32.2. The lowest BCUT2D eigenvalue weighted by Gasteiger charge is -2.16. The first-order valence-electron chi connectivity index (χ1n) is 9.94. The van der Waals surface area contributed by atoms with E-state index in [2.05, 4.69) is 10.4 Å². The Bertz CT molecular complexity index is 1080. The van der Waals surface area contributed by atoms with E-state index in [0.717, 1.165) is 28.8 Å². The highest BCUT2D eigenvalue weighted by Crippen LogP contribution is 2.26. The first kappa shape index (κ1) is 30.2. The second kappa shape index (κ2) is 13.0. The molecule has 0 aliphatic rings. The van der Waals surface area contributed by atoms with E-state index >= 15 is 0 Å². The van der Waals surface area contributed by atoms with Gasteiger partial charge < -0.3 is 4.90 Å². The highest BCUT2D eigenvalue weighted by Gasteiger charge is 2.18. The molecule has 6 nitrogen and oxygen atoms in total. The van der Waals surface area contributed by atoms with Crippen molar-refractivity contribution in [1.82, 2.24) is 4.90 Å². The van der Waals surface area contributed by atoms with Gasteiger partial charge in [0.15, 0.2) is 0 Å². The van der Waals surface area contributed by atoms with Gasteiger partial charge in [0.05, 0.1) is 22.9 Å². The molecule has 0 spiro atoms. The van der Waals surface area contributed by atoms with Gasteiger partial charge in [-0.2, -0.15) is 32.3 Å². The van der Waals surface area contributed by atoms with Gasteiger partial charge in [0.25, 0.3) is 5.91 Å². The molecule has 0 heterocycles. The van der Waals surface area contributed by atoms with E-state index in [1.54, 1.807) is 18.2 Å². The molecule has 0 saturated carbocycles. The van der Waals surface area contributed by atoms with Crippen molar-refractivity contribution < 1.29 is 9.00 Å². The zero-order valence-electron chi connectivity index (χ0n) is 19.3. The lowest BCUT2D eigenvalue weighted by Crippen LogP contribution is -2.17. The van der Waals surface area contributed by atoms with Crippen molar-refractivity contribution in [2.24, 2.45) is 9.50 Å². The van der Waals surface area contributed by atoms with Gasteiger partial charge in [0, 0.05) is 6.54 Å². The van der Waals surface area contributed by atoms with Crippen molar-refractivity contribution in [1.29, 1.82) is 5.26 Å². The second-order valence-electron chi connectivity index (χ2n) is 7.94. The van der Waals surface area contributed by atoms with Crippen LogP contribution in [0.3, 0.4) is 0 Å². The first-order chi connectivity index (χ1) is 14.1. The highest BCUT2D eigenvalue weighted by molar-refractivity contribution is 7.91. The summed E-state index contributed by atoms with van der Waals surface area (Å²) < 4.78 is 16.8. The molecule has 0 aromatic heterocycles. The largest absolute Gasteiger partial charge is 0.305 e. The maximum Gasteiger partial charge on any atom is 0.259 e. The predicted octanol–water partition coefficient (Wildman–Crippen LogP) is 4.00. The lowest BCUT2D eigenvalue weighted by atomic mass is 9.88. The number of rotatable bonds is 7. The second-order valence-corrected chi connectivity index (χ2v) is 9.73. The zero-order valence-corrected chi connectivity index (χ0v) is 22.1. The van der Waals surface area contributed by atoms with Gasteiger partial charge in [0.2, 0.25) is 0 Å². The van der Waals surface area contributed by atoms with Crippen LogP contribution in [-0.4, -0.2) is 29.1 Å². The van der Waals surface area contributed by atoms with Crippen LogP contribution in [0.2, 0.25) is 0 Å². The average molecular weight is 495 g/mol. The predicted molar refractivity (Wildman–Crippen MR) is 141 cm³/mol. The molecule has 0 radical (unpaired) electrons. The van der Waals surface area contributed by atoms with Gasteiger partial charge in [-0.25, -0.2) is 9.35 Å². The maximum absolute atomic E-state index is 12.9. The smallest absolute Gasteiger partial charge is 0.259 e. The number of nitriles is 1. The minimum atomic E-state index is -3.33. The zero-order chi connectivity index (χ0) is 22.5. The molecule has 1 amide bonds. The summed E-state index contributed by atoms with van der Waals surface area (Å²) in [6, 6.07) is 12.8. The Morgan fingerprint density at radius 1 is 1.19 bits per heavy atom. The van der Waals surface area contributed by atoms with Crippen molar-refractivity contribution in [3.63, 3.8) is 0 Å². The third kappa shape index (κ3) is 7.94. The maximum atomic E-state index is 12.9. The van der Waals surface area contributed by atoms with E-state index in [1.807, 2.05) is 58.0 Å². The van der Waals surface area contributed by atoms with Gasteiger partial charge >= 0.3 is 0 Å². The van der Waals surface area contributed by atoms with E-state index in [4.69, 9.17) is 5.14 Å². The fourth-order valence-electron chi connectivity index (χ4n) is 3.41. The molecule has 1 atom stereocenters. The average Bonchev–Trinajstić information content (AvgIpc) is 2.67. The third-order valence-electron chi connectivity index (χ3n) is 4.83. The number of aryl methyl sites for hydroxylation is 1. The Kier molecular flexibility index (Phi) is 12.3. The minimum absolute atomic E-state index is 0. The summed E-state index contributed by atoms with van der Waals surface area (Å²) in [5.74, 6) is -0.390.